The van der Waals surface area contributed by atoms with E-state index in [1.807, 2.05) is 13.8 Å². The second kappa shape index (κ2) is 6.10. The van der Waals surface area contributed by atoms with Gasteiger partial charge in [0.05, 0.1) is 4.90 Å². The molecule has 0 aliphatic carbocycles. The van der Waals surface area contributed by atoms with Gasteiger partial charge in [-0.3, -0.25) is 4.79 Å². The zero-order valence-corrected chi connectivity index (χ0v) is 13.3. The van der Waals surface area contributed by atoms with Crippen LogP contribution in [0.4, 0.5) is 4.39 Å². The molecule has 0 saturated carbocycles. The summed E-state index contributed by atoms with van der Waals surface area (Å²) in [4.78, 5) is 13.4. The Kier molecular flexibility index (Phi) is 5.15. The third-order valence-electron chi connectivity index (χ3n) is 3.39. The van der Waals surface area contributed by atoms with Gasteiger partial charge in [-0.15, -0.1) is 0 Å². The highest BCUT2D eigenvalue weighted by Gasteiger charge is 2.24. The van der Waals surface area contributed by atoms with E-state index in [1.54, 1.807) is 7.05 Å². The van der Waals surface area contributed by atoms with Crippen molar-refractivity contribution in [1.82, 2.24) is 4.90 Å². The minimum absolute atomic E-state index is 0.00650. The monoisotopic (exact) mass is 321 g/mol. The van der Waals surface area contributed by atoms with Crippen molar-refractivity contribution < 1.29 is 17.6 Å². The van der Waals surface area contributed by atoms with Crippen molar-refractivity contribution in [2.75, 3.05) is 7.05 Å². The van der Waals surface area contributed by atoms with Crippen molar-refractivity contribution in [3.63, 3.8) is 0 Å². The quantitative estimate of drug-likeness (QED) is 0.801. The molecule has 0 heterocycles. The lowest BCUT2D eigenvalue weighted by Gasteiger charge is -2.25. The molecule has 1 unspecified atom stereocenters. The fraction of sp³-hybridized carbons (Fsp3) is 0.462. The molecule has 1 aromatic rings. The molecule has 20 heavy (non-hydrogen) atoms. The van der Waals surface area contributed by atoms with Crippen LogP contribution in [0.25, 0.3) is 0 Å². The highest BCUT2D eigenvalue weighted by atomic mass is 35.7. The lowest BCUT2D eigenvalue weighted by atomic mass is 10.1. The van der Waals surface area contributed by atoms with Crippen molar-refractivity contribution in [1.29, 1.82) is 0 Å². The second-order valence-electron chi connectivity index (χ2n) is 4.69. The molecule has 0 N–H and O–H groups in total. The smallest absolute Gasteiger partial charge is 0.261 e. The topological polar surface area (TPSA) is 54.5 Å². The van der Waals surface area contributed by atoms with Crippen molar-refractivity contribution in [2.24, 2.45) is 0 Å². The van der Waals surface area contributed by atoms with Gasteiger partial charge < -0.3 is 4.90 Å². The summed E-state index contributed by atoms with van der Waals surface area (Å²) in [6.07, 6.45) is 0.733. The molecule has 0 fully saturated rings. The number of rotatable bonds is 4. The van der Waals surface area contributed by atoms with Crippen molar-refractivity contribution in [3.8, 4) is 0 Å². The lowest BCUT2D eigenvalue weighted by molar-refractivity contribution is 0.0739. The molecule has 0 aliphatic rings. The van der Waals surface area contributed by atoms with Gasteiger partial charge in [0.25, 0.3) is 15.0 Å². The number of hydrogen-bond acceptors (Lipinski definition) is 3. The molecule has 1 aromatic carbocycles. The van der Waals surface area contributed by atoms with E-state index < -0.39 is 20.8 Å². The van der Waals surface area contributed by atoms with E-state index >= 15 is 0 Å². The first-order chi connectivity index (χ1) is 9.09. The average Bonchev–Trinajstić information content (AvgIpc) is 2.37. The summed E-state index contributed by atoms with van der Waals surface area (Å²) in [7, 11) is 2.75. The number of benzene rings is 1. The first-order valence-corrected chi connectivity index (χ1v) is 8.42. The van der Waals surface area contributed by atoms with Crippen molar-refractivity contribution in [3.05, 3.63) is 29.1 Å². The largest absolute Gasteiger partial charge is 0.339 e. The summed E-state index contributed by atoms with van der Waals surface area (Å²) < 4.78 is 36.4. The Bertz CT molecular complexity index is 631. The molecular formula is C13H17ClFNO3S. The standard InChI is InChI=1S/C13H17ClFNO3S/c1-5-8(2)16(4)13(17)11-6-10(15)7-12(9(11)3)20(14,18)19/h6-8H,5H2,1-4H3. The van der Waals surface area contributed by atoms with Crippen LogP contribution >= 0.6 is 10.7 Å². The average molecular weight is 322 g/mol. The molecule has 1 amide bonds. The van der Waals surface area contributed by atoms with Gasteiger partial charge in [-0.2, -0.15) is 0 Å². The maximum atomic E-state index is 13.6. The summed E-state index contributed by atoms with van der Waals surface area (Å²) in [6.45, 7) is 5.21. The SMILES string of the molecule is CCC(C)N(C)C(=O)c1cc(F)cc(S(=O)(=O)Cl)c1C. The Morgan fingerprint density at radius 2 is 2.00 bits per heavy atom. The van der Waals surface area contributed by atoms with E-state index in [2.05, 4.69) is 0 Å². The van der Waals surface area contributed by atoms with Crippen LogP contribution in [0.5, 0.6) is 0 Å². The summed E-state index contributed by atoms with van der Waals surface area (Å²) in [5.74, 6) is -1.24. The van der Waals surface area contributed by atoms with Crippen LogP contribution in [-0.2, 0) is 9.05 Å². The van der Waals surface area contributed by atoms with Crippen molar-refractivity contribution in [2.45, 2.75) is 38.1 Å². The third kappa shape index (κ3) is 3.49. The predicted molar refractivity (Wildman–Crippen MR) is 76.0 cm³/mol. The van der Waals surface area contributed by atoms with Gasteiger partial charge in [-0.05, 0) is 38.0 Å². The van der Waals surface area contributed by atoms with Crippen LogP contribution in [0.2, 0.25) is 0 Å². The highest BCUT2D eigenvalue weighted by molar-refractivity contribution is 8.13. The van der Waals surface area contributed by atoms with Gasteiger partial charge in [0.1, 0.15) is 5.82 Å². The van der Waals surface area contributed by atoms with E-state index in [9.17, 15) is 17.6 Å². The predicted octanol–water partition coefficient (Wildman–Crippen LogP) is 2.93. The Morgan fingerprint density at radius 1 is 1.45 bits per heavy atom. The van der Waals surface area contributed by atoms with Crippen LogP contribution < -0.4 is 0 Å². The van der Waals surface area contributed by atoms with Gasteiger partial charge >= 0.3 is 0 Å². The molecule has 4 nitrogen and oxygen atoms in total. The normalized spacial score (nSPS) is 13.1. The first-order valence-electron chi connectivity index (χ1n) is 6.11. The Morgan fingerprint density at radius 3 is 2.45 bits per heavy atom. The summed E-state index contributed by atoms with van der Waals surface area (Å²) in [5.41, 5.74) is 0.161. The van der Waals surface area contributed by atoms with E-state index in [1.165, 1.54) is 11.8 Å². The molecule has 0 aliphatic heterocycles. The number of hydrogen-bond donors (Lipinski definition) is 0. The minimum atomic E-state index is -4.10. The van der Waals surface area contributed by atoms with Crippen LogP contribution in [-0.4, -0.2) is 32.3 Å². The van der Waals surface area contributed by atoms with Crippen LogP contribution in [0.15, 0.2) is 17.0 Å². The highest BCUT2D eigenvalue weighted by Crippen LogP contribution is 2.25. The van der Waals surface area contributed by atoms with Gasteiger partial charge in [-0.25, -0.2) is 12.8 Å². The molecule has 7 heteroatoms. The number of amides is 1. The minimum Gasteiger partial charge on any atom is -0.339 e. The molecule has 0 bridgehead atoms. The maximum absolute atomic E-state index is 13.6. The molecule has 0 spiro atoms. The zero-order valence-electron chi connectivity index (χ0n) is 11.8. The van der Waals surface area contributed by atoms with E-state index in [-0.39, 0.29) is 22.1 Å². The molecule has 1 atom stereocenters. The van der Waals surface area contributed by atoms with Gasteiger partial charge in [-0.1, -0.05) is 6.92 Å². The number of nitrogens with zero attached hydrogens (tertiary/aromatic N) is 1. The maximum Gasteiger partial charge on any atom is 0.261 e. The van der Waals surface area contributed by atoms with Gasteiger partial charge in [0.15, 0.2) is 0 Å². The third-order valence-corrected chi connectivity index (χ3v) is 4.84. The summed E-state index contributed by atoms with van der Waals surface area (Å²) >= 11 is 0. The van der Waals surface area contributed by atoms with Crippen LogP contribution in [0, 0.1) is 12.7 Å². The fourth-order valence-corrected chi connectivity index (χ4v) is 3.00. The molecule has 1 rings (SSSR count). The van der Waals surface area contributed by atoms with Crippen molar-refractivity contribution >= 4 is 25.6 Å². The Balaban J connectivity index is 3.40. The summed E-state index contributed by atoms with van der Waals surface area (Å²) in [5, 5.41) is 0. The summed E-state index contributed by atoms with van der Waals surface area (Å²) in [6, 6.07) is 1.81. The lowest BCUT2D eigenvalue weighted by Crippen LogP contribution is -2.35. The first kappa shape index (κ1) is 16.9. The van der Waals surface area contributed by atoms with Gasteiger partial charge in [0.2, 0.25) is 0 Å². The Hall–Kier alpha value is -1.14. The molecule has 0 saturated heterocycles. The molecule has 112 valence electrons. The zero-order chi connectivity index (χ0) is 15.7. The number of halogens is 2. The van der Waals surface area contributed by atoms with Crippen LogP contribution in [0.3, 0.4) is 0 Å². The van der Waals surface area contributed by atoms with Gasteiger partial charge in [0, 0.05) is 29.3 Å². The molecular weight excluding hydrogens is 305 g/mol. The molecule has 0 radical (unpaired) electrons. The van der Waals surface area contributed by atoms with E-state index in [0.717, 1.165) is 18.6 Å². The number of carbonyl (C=O) groups excluding carboxylic acids is 1. The van der Waals surface area contributed by atoms with E-state index in [4.69, 9.17) is 10.7 Å². The molecule has 0 aromatic heterocycles. The van der Waals surface area contributed by atoms with Crippen LogP contribution in [0.1, 0.15) is 36.2 Å². The number of carbonyl (C=O) groups is 1. The second-order valence-corrected chi connectivity index (χ2v) is 7.22. The fourth-order valence-electron chi connectivity index (χ4n) is 1.79. The van der Waals surface area contributed by atoms with E-state index in [0.29, 0.717) is 0 Å². The Labute approximate surface area is 123 Å².